The molecular weight excluding hydrogens is 334 g/mol. The van der Waals surface area contributed by atoms with Crippen molar-refractivity contribution in [3.05, 3.63) is 34.3 Å². The maximum Gasteiger partial charge on any atom is 0.407 e. The molecule has 6 heteroatoms. The fraction of sp³-hybridized carbons (Fsp3) is 0.462. The van der Waals surface area contributed by atoms with Crippen LogP contribution in [0.5, 0.6) is 0 Å². The quantitative estimate of drug-likeness (QED) is 0.830. The molecule has 4 nitrogen and oxygen atoms in total. The van der Waals surface area contributed by atoms with E-state index in [1.54, 1.807) is 0 Å². The molecule has 19 heavy (non-hydrogen) atoms. The Kier molecular flexibility index (Phi) is 5.07. The summed E-state index contributed by atoms with van der Waals surface area (Å²) in [4.78, 5) is 12.7. The molecule has 1 fully saturated rings. The zero-order valence-corrected chi connectivity index (χ0v) is 12.7. The lowest BCUT2D eigenvalue weighted by atomic mass is 10.0. The topological polar surface area (TPSA) is 49.8 Å². The fourth-order valence-corrected chi connectivity index (χ4v) is 2.87. The van der Waals surface area contributed by atoms with Gasteiger partial charge in [-0.05, 0) is 23.6 Å². The molecule has 0 spiro atoms. The monoisotopic (exact) mass is 347 g/mol. The number of hydrogen-bond acceptors (Lipinski definition) is 2. The molecule has 1 unspecified atom stereocenters. The number of amides is 1. The van der Waals surface area contributed by atoms with E-state index in [1.165, 1.54) is 4.90 Å². The predicted molar refractivity (Wildman–Crippen MR) is 77.0 cm³/mol. The van der Waals surface area contributed by atoms with E-state index in [9.17, 15) is 9.90 Å². The number of nitrogens with zero attached hydrogens (tertiary/aromatic N) is 1. The van der Waals surface area contributed by atoms with Gasteiger partial charge >= 0.3 is 6.09 Å². The van der Waals surface area contributed by atoms with Gasteiger partial charge in [-0.2, -0.15) is 0 Å². The summed E-state index contributed by atoms with van der Waals surface area (Å²) in [6.45, 7) is 1.40. The van der Waals surface area contributed by atoms with E-state index in [0.717, 1.165) is 16.5 Å². The number of hydrogen-bond donors (Lipinski definition) is 1. The molecule has 1 aliphatic rings. The molecule has 1 N–H and O–H groups in total. The van der Waals surface area contributed by atoms with Crippen LogP contribution in [0.1, 0.15) is 23.6 Å². The molecule has 1 aromatic carbocycles. The van der Waals surface area contributed by atoms with Gasteiger partial charge in [0, 0.05) is 23.5 Å². The standard InChI is InChI=1S/C13H15BrClNO3/c14-7-9-2-3-10(11(15)6-9)12-8-19-5-1-4-16(12)13(17)18/h2-3,6,12H,1,4-5,7-8H2,(H,17,18). The van der Waals surface area contributed by atoms with Crippen LogP contribution in [0.15, 0.2) is 18.2 Å². The molecule has 104 valence electrons. The number of carboxylic acid groups (broad SMARTS) is 1. The Labute approximate surface area is 125 Å². The normalized spacial score (nSPS) is 20.1. The summed E-state index contributed by atoms with van der Waals surface area (Å²) in [6, 6.07) is 5.35. The van der Waals surface area contributed by atoms with Gasteiger partial charge in [0.2, 0.25) is 0 Å². The van der Waals surface area contributed by atoms with Crippen molar-refractivity contribution < 1.29 is 14.6 Å². The third-order valence-electron chi connectivity index (χ3n) is 3.16. The van der Waals surface area contributed by atoms with E-state index in [-0.39, 0.29) is 6.04 Å². The second-order valence-corrected chi connectivity index (χ2v) is 5.38. The van der Waals surface area contributed by atoms with Gasteiger partial charge in [-0.25, -0.2) is 4.79 Å². The number of rotatable bonds is 2. The smallest absolute Gasteiger partial charge is 0.407 e. The van der Waals surface area contributed by atoms with Crippen LogP contribution >= 0.6 is 27.5 Å². The first-order valence-corrected chi connectivity index (χ1v) is 7.55. The van der Waals surface area contributed by atoms with Crippen molar-refractivity contribution >= 4 is 33.6 Å². The van der Waals surface area contributed by atoms with Crippen molar-refractivity contribution in [2.75, 3.05) is 19.8 Å². The fourth-order valence-electron chi connectivity index (χ4n) is 2.19. The molecule has 1 aliphatic heterocycles. The third kappa shape index (κ3) is 3.41. The van der Waals surface area contributed by atoms with Gasteiger partial charge in [-0.15, -0.1) is 0 Å². The minimum Gasteiger partial charge on any atom is -0.465 e. The highest BCUT2D eigenvalue weighted by molar-refractivity contribution is 9.08. The molecular formula is C13H15BrClNO3. The van der Waals surface area contributed by atoms with Gasteiger partial charge in [-0.1, -0.05) is 39.7 Å². The molecule has 1 atom stereocenters. The maximum absolute atomic E-state index is 11.3. The number of alkyl halides is 1. The summed E-state index contributed by atoms with van der Waals surface area (Å²) in [5, 5.41) is 10.6. The van der Waals surface area contributed by atoms with Crippen molar-refractivity contribution in [2.24, 2.45) is 0 Å². The van der Waals surface area contributed by atoms with Crippen LogP contribution in [-0.2, 0) is 10.1 Å². The molecule has 0 bridgehead atoms. The SMILES string of the molecule is O=C(O)N1CCCOCC1c1ccc(CBr)cc1Cl. The Morgan fingerprint density at radius 3 is 3.00 bits per heavy atom. The van der Waals surface area contributed by atoms with E-state index in [2.05, 4.69) is 15.9 Å². The third-order valence-corrected chi connectivity index (χ3v) is 4.14. The lowest BCUT2D eigenvalue weighted by Crippen LogP contribution is -2.35. The van der Waals surface area contributed by atoms with Crippen molar-refractivity contribution in [3.8, 4) is 0 Å². The molecule has 0 aliphatic carbocycles. The van der Waals surface area contributed by atoms with Crippen LogP contribution in [0, 0.1) is 0 Å². The molecule has 1 amide bonds. The van der Waals surface area contributed by atoms with Gasteiger partial charge < -0.3 is 9.84 Å². The molecule has 2 rings (SSSR count). The van der Waals surface area contributed by atoms with Crippen molar-refractivity contribution in [1.82, 2.24) is 4.90 Å². The molecule has 1 heterocycles. The van der Waals surface area contributed by atoms with Gasteiger partial charge in [0.05, 0.1) is 12.6 Å². The Bertz CT molecular complexity index is 469. The lowest BCUT2D eigenvalue weighted by molar-refractivity contribution is 0.0904. The average molecular weight is 349 g/mol. The van der Waals surface area contributed by atoms with E-state index < -0.39 is 6.09 Å². The second-order valence-electron chi connectivity index (χ2n) is 4.41. The largest absolute Gasteiger partial charge is 0.465 e. The van der Waals surface area contributed by atoms with Crippen molar-refractivity contribution in [3.63, 3.8) is 0 Å². The van der Waals surface area contributed by atoms with Crippen LogP contribution in [0.4, 0.5) is 4.79 Å². The van der Waals surface area contributed by atoms with Gasteiger partial charge in [0.25, 0.3) is 0 Å². The predicted octanol–water partition coefficient (Wildman–Crippen LogP) is 3.68. The second kappa shape index (κ2) is 6.59. The summed E-state index contributed by atoms with van der Waals surface area (Å²) in [5.41, 5.74) is 1.86. The summed E-state index contributed by atoms with van der Waals surface area (Å²) < 4.78 is 5.48. The minimum atomic E-state index is -0.934. The van der Waals surface area contributed by atoms with Gasteiger partial charge in [0.15, 0.2) is 0 Å². The maximum atomic E-state index is 11.3. The Balaban J connectivity index is 2.33. The molecule has 1 saturated heterocycles. The van der Waals surface area contributed by atoms with Crippen molar-refractivity contribution in [2.45, 2.75) is 17.8 Å². The summed E-state index contributed by atoms with van der Waals surface area (Å²) >= 11 is 9.64. The van der Waals surface area contributed by atoms with Crippen LogP contribution in [0.2, 0.25) is 5.02 Å². The Morgan fingerprint density at radius 2 is 2.37 bits per heavy atom. The highest BCUT2D eigenvalue weighted by Gasteiger charge is 2.28. The zero-order chi connectivity index (χ0) is 13.8. The first-order valence-electron chi connectivity index (χ1n) is 6.05. The van der Waals surface area contributed by atoms with Crippen LogP contribution in [-0.4, -0.2) is 35.9 Å². The van der Waals surface area contributed by atoms with Crippen LogP contribution in [0.3, 0.4) is 0 Å². The Hall–Kier alpha value is -0.780. The average Bonchev–Trinajstić information content (AvgIpc) is 2.64. The van der Waals surface area contributed by atoms with Crippen LogP contribution < -0.4 is 0 Å². The molecule has 0 aromatic heterocycles. The highest BCUT2D eigenvalue weighted by Crippen LogP contribution is 2.31. The van der Waals surface area contributed by atoms with Crippen molar-refractivity contribution in [1.29, 1.82) is 0 Å². The number of carbonyl (C=O) groups is 1. The number of ether oxygens (including phenoxy) is 1. The Morgan fingerprint density at radius 1 is 1.58 bits per heavy atom. The van der Waals surface area contributed by atoms with E-state index in [4.69, 9.17) is 16.3 Å². The summed E-state index contributed by atoms with van der Waals surface area (Å²) in [7, 11) is 0. The first-order chi connectivity index (χ1) is 9.13. The van der Waals surface area contributed by atoms with E-state index in [1.807, 2.05) is 18.2 Å². The zero-order valence-electron chi connectivity index (χ0n) is 10.3. The number of halogens is 2. The summed E-state index contributed by atoms with van der Waals surface area (Å²) in [6.07, 6.45) is -0.226. The van der Waals surface area contributed by atoms with E-state index in [0.29, 0.717) is 31.2 Å². The molecule has 1 aromatic rings. The highest BCUT2D eigenvalue weighted by atomic mass is 79.9. The lowest BCUT2D eigenvalue weighted by Gasteiger charge is -2.27. The van der Waals surface area contributed by atoms with Gasteiger partial charge in [0.1, 0.15) is 0 Å². The molecule has 0 saturated carbocycles. The summed E-state index contributed by atoms with van der Waals surface area (Å²) in [5.74, 6) is 0. The minimum absolute atomic E-state index is 0.336. The molecule has 0 radical (unpaired) electrons. The number of benzene rings is 1. The first kappa shape index (κ1) is 14.6. The van der Waals surface area contributed by atoms with Crippen LogP contribution in [0.25, 0.3) is 0 Å². The van der Waals surface area contributed by atoms with E-state index >= 15 is 0 Å². The van der Waals surface area contributed by atoms with Gasteiger partial charge in [-0.3, -0.25) is 4.90 Å².